The summed E-state index contributed by atoms with van der Waals surface area (Å²) < 4.78 is 0. The van der Waals surface area contributed by atoms with Gasteiger partial charge in [0.15, 0.2) is 0 Å². The largest absolute Gasteiger partial charge is 0.479 e. The second-order valence-corrected chi connectivity index (χ2v) is 3.09. The van der Waals surface area contributed by atoms with E-state index in [1.807, 2.05) is 0 Å². The van der Waals surface area contributed by atoms with Crippen LogP contribution in [0.2, 0.25) is 0 Å². The lowest BCUT2D eigenvalue weighted by Crippen LogP contribution is -2.62. The van der Waals surface area contributed by atoms with Crippen molar-refractivity contribution in [2.45, 2.75) is 24.5 Å². The fraction of sp³-hybridized carbons (Fsp3) is 0.714. The predicted molar refractivity (Wildman–Crippen MR) is 41.2 cm³/mol. The van der Waals surface area contributed by atoms with Gasteiger partial charge in [-0.2, -0.15) is 0 Å². The minimum atomic E-state index is -1.92. The second kappa shape index (κ2) is 3.31. The molecule has 1 fully saturated rings. The molecule has 6 heteroatoms. The molecule has 1 unspecified atom stereocenters. The van der Waals surface area contributed by atoms with E-state index in [2.05, 4.69) is 5.32 Å². The molecule has 0 bridgehead atoms. The fourth-order valence-electron chi connectivity index (χ4n) is 1.32. The molecule has 1 heterocycles. The van der Waals surface area contributed by atoms with E-state index >= 15 is 0 Å². The van der Waals surface area contributed by atoms with Crippen molar-refractivity contribution in [2.75, 3.05) is 6.54 Å². The zero-order chi connectivity index (χ0) is 10.1. The average Bonchev–Trinajstić information content (AvgIpc) is 2.04. The Kier molecular flexibility index (Phi) is 2.53. The van der Waals surface area contributed by atoms with Gasteiger partial charge in [-0.3, -0.25) is 5.32 Å². The number of carboxylic acid groups (broad SMARTS) is 2. The van der Waals surface area contributed by atoms with Crippen molar-refractivity contribution >= 4 is 11.9 Å². The van der Waals surface area contributed by atoms with Crippen LogP contribution in [0.15, 0.2) is 0 Å². The van der Waals surface area contributed by atoms with Crippen molar-refractivity contribution < 1.29 is 24.9 Å². The summed E-state index contributed by atoms with van der Waals surface area (Å²) in [6, 6.07) is 0. The zero-order valence-corrected chi connectivity index (χ0v) is 6.86. The zero-order valence-electron chi connectivity index (χ0n) is 6.86. The summed E-state index contributed by atoms with van der Waals surface area (Å²) in [7, 11) is 0. The lowest BCUT2D eigenvalue weighted by molar-refractivity contribution is -0.161. The van der Waals surface area contributed by atoms with Crippen LogP contribution in [0.1, 0.15) is 12.8 Å². The van der Waals surface area contributed by atoms with Gasteiger partial charge in [-0.1, -0.05) is 0 Å². The van der Waals surface area contributed by atoms with Crippen molar-refractivity contribution in [3.63, 3.8) is 0 Å². The number of aliphatic carboxylic acids is 2. The molecule has 0 saturated carbocycles. The normalized spacial score (nSPS) is 26.7. The molecule has 0 amide bonds. The summed E-state index contributed by atoms with van der Waals surface area (Å²) in [5.41, 5.74) is -1.92. The highest BCUT2D eigenvalue weighted by atomic mass is 16.4. The number of piperidine rings is 1. The van der Waals surface area contributed by atoms with Crippen molar-refractivity contribution in [2.24, 2.45) is 0 Å². The SMILES string of the molecule is O=C(O)C1(C(=O)O)CCC(O)CN1. The standard InChI is InChI=1S/C7H11NO5/c9-4-1-2-7(5(10)11,6(12)13)8-3-4/h4,8-9H,1-3H2,(H,10,11)(H,12,13). The number of rotatable bonds is 2. The fourth-order valence-corrected chi connectivity index (χ4v) is 1.32. The van der Waals surface area contributed by atoms with E-state index in [1.54, 1.807) is 0 Å². The van der Waals surface area contributed by atoms with E-state index in [0.717, 1.165) is 0 Å². The summed E-state index contributed by atoms with van der Waals surface area (Å²) in [5.74, 6) is -2.82. The Morgan fingerprint density at radius 1 is 1.31 bits per heavy atom. The van der Waals surface area contributed by atoms with E-state index in [9.17, 15) is 9.59 Å². The van der Waals surface area contributed by atoms with Crippen LogP contribution in [0.3, 0.4) is 0 Å². The molecular weight excluding hydrogens is 178 g/mol. The Hall–Kier alpha value is -1.14. The molecule has 0 radical (unpaired) electrons. The van der Waals surface area contributed by atoms with Gasteiger partial charge < -0.3 is 15.3 Å². The molecule has 6 nitrogen and oxygen atoms in total. The van der Waals surface area contributed by atoms with Crippen LogP contribution in [-0.2, 0) is 9.59 Å². The van der Waals surface area contributed by atoms with Crippen LogP contribution < -0.4 is 5.32 Å². The Bertz CT molecular complexity index is 215. The minimum Gasteiger partial charge on any atom is -0.479 e. The van der Waals surface area contributed by atoms with Crippen molar-refractivity contribution in [1.29, 1.82) is 0 Å². The Labute approximate surface area is 74.2 Å². The molecule has 0 aromatic rings. The molecule has 0 aliphatic carbocycles. The van der Waals surface area contributed by atoms with Gasteiger partial charge in [0.1, 0.15) is 0 Å². The first-order valence-corrected chi connectivity index (χ1v) is 3.89. The Morgan fingerprint density at radius 3 is 2.15 bits per heavy atom. The Morgan fingerprint density at radius 2 is 1.85 bits per heavy atom. The molecule has 4 N–H and O–H groups in total. The van der Waals surface area contributed by atoms with E-state index in [1.165, 1.54) is 0 Å². The third-order valence-corrected chi connectivity index (χ3v) is 2.22. The van der Waals surface area contributed by atoms with Crippen LogP contribution in [0.25, 0.3) is 0 Å². The summed E-state index contributed by atoms with van der Waals surface area (Å²) in [4.78, 5) is 21.4. The highest BCUT2D eigenvalue weighted by molar-refractivity contribution is 6.03. The van der Waals surface area contributed by atoms with Gasteiger partial charge in [-0.15, -0.1) is 0 Å². The number of carbonyl (C=O) groups is 2. The van der Waals surface area contributed by atoms with E-state index in [0.29, 0.717) is 0 Å². The van der Waals surface area contributed by atoms with Crippen molar-refractivity contribution in [1.82, 2.24) is 5.32 Å². The number of nitrogens with one attached hydrogen (secondary N) is 1. The van der Waals surface area contributed by atoms with Crippen LogP contribution in [0, 0.1) is 0 Å². The van der Waals surface area contributed by atoms with Crippen LogP contribution in [-0.4, -0.2) is 45.4 Å². The van der Waals surface area contributed by atoms with Crippen LogP contribution in [0.4, 0.5) is 0 Å². The minimum absolute atomic E-state index is 0.00139. The van der Waals surface area contributed by atoms with Gasteiger partial charge in [-0.05, 0) is 12.8 Å². The molecule has 0 aromatic carbocycles. The van der Waals surface area contributed by atoms with E-state index in [-0.39, 0.29) is 19.4 Å². The lowest BCUT2D eigenvalue weighted by atomic mass is 9.88. The molecule has 1 aliphatic rings. The highest BCUT2D eigenvalue weighted by Crippen LogP contribution is 2.20. The summed E-state index contributed by atoms with van der Waals surface area (Å²) in [5, 5.41) is 28.8. The molecule has 1 saturated heterocycles. The van der Waals surface area contributed by atoms with Gasteiger partial charge in [0.2, 0.25) is 5.54 Å². The predicted octanol–water partition coefficient (Wildman–Crippen LogP) is -1.36. The summed E-state index contributed by atoms with van der Waals surface area (Å²) >= 11 is 0. The maximum atomic E-state index is 10.7. The first-order chi connectivity index (χ1) is 5.99. The number of hydrogen-bond acceptors (Lipinski definition) is 4. The van der Waals surface area contributed by atoms with Gasteiger partial charge >= 0.3 is 11.9 Å². The molecular formula is C7H11NO5. The molecule has 1 rings (SSSR count). The van der Waals surface area contributed by atoms with Gasteiger partial charge in [0.25, 0.3) is 0 Å². The monoisotopic (exact) mass is 189 g/mol. The lowest BCUT2D eigenvalue weighted by Gasteiger charge is -2.32. The first-order valence-electron chi connectivity index (χ1n) is 3.89. The third-order valence-electron chi connectivity index (χ3n) is 2.22. The summed E-state index contributed by atoms with van der Waals surface area (Å²) in [6.07, 6.45) is -0.573. The first kappa shape index (κ1) is 9.94. The average molecular weight is 189 g/mol. The topological polar surface area (TPSA) is 107 Å². The number of β-amino-alcohol motifs (C(OH)–C–C–N with tert-alkyl or cyclic N) is 1. The smallest absolute Gasteiger partial charge is 0.335 e. The molecule has 1 atom stereocenters. The molecule has 74 valence electrons. The maximum Gasteiger partial charge on any atom is 0.335 e. The summed E-state index contributed by atoms with van der Waals surface area (Å²) in [6.45, 7) is -0.00139. The van der Waals surface area contributed by atoms with Crippen molar-refractivity contribution in [3.05, 3.63) is 0 Å². The highest BCUT2D eigenvalue weighted by Gasteiger charge is 2.48. The quantitative estimate of drug-likeness (QED) is 0.400. The van der Waals surface area contributed by atoms with Gasteiger partial charge in [0.05, 0.1) is 6.10 Å². The maximum absolute atomic E-state index is 10.7. The van der Waals surface area contributed by atoms with E-state index in [4.69, 9.17) is 15.3 Å². The Balaban J connectivity index is 2.82. The molecule has 0 spiro atoms. The second-order valence-electron chi connectivity index (χ2n) is 3.09. The van der Waals surface area contributed by atoms with Crippen molar-refractivity contribution in [3.8, 4) is 0 Å². The third kappa shape index (κ3) is 1.63. The van der Waals surface area contributed by atoms with Gasteiger partial charge in [-0.25, -0.2) is 9.59 Å². The molecule has 13 heavy (non-hydrogen) atoms. The number of aliphatic hydroxyl groups is 1. The number of hydrogen-bond donors (Lipinski definition) is 4. The van der Waals surface area contributed by atoms with Gasteiger partial charge in [0, 0.05) is 6.54 Å². The molecule has 0 aromatic heterocycles. The number of carboxylic acids is 2. The van der Waals surface area contributed by atoms with Crippen LogP contribution >= 0.6 is 0 Å². The van der Waals surface area contributed by atoms with E-state index < -0.39 is 23.6 Å². The van der Waals surface area contributed by atoms with Crippen LogP contribution in [0.5, 0.6) is 0 Å². The molecule has 1 aliphatic heterocycles. The number of aliphatic hydroxyl groups excluding tert-OH is 1.